The number of allylic oxidation sites excluding steroid dienone is 2. The normalized spacial score (nSPS) is 16.1. The maximum Gasteiger partial charge on any atom is 0.0819 e. The van der Waals surface area contributed by atoms with Crippen LogP contribution < -0.4 is 9.80 Å². The molecule has 2 unspecified atom stereocenters. The zero-order valence-electron chi connectivity index (χ0n) is 37.0. The van der Waals surface area contributed by atoms with E-state index in [1.165, 1.54) is 87.4 Å². The average Bonchev–Trinajstić information content (AvgIpc) is 4.03. The van der Waals surface area contributed by atoms with Gasteiger partial charge in [-0.1, -0.05) is 188 Å². The molecule has 0 amide bonds. The van der Waals surface area contributed by atoms with Gasteiger partial charge in [0.2, 0.25) is 0 Å². The van der Waals surface area contributed by atoms with Crippen molar-refractivity contribution in [2.24, 2.45) is 0 Å². The van der Waals surface area contributed by atoms with E-state index in [0.29, 0.717) is 0 Å². The van der Waals surface area contributed by atoms with E-state index in [9.17, 15) is 0 Å². The van der Waals surface area contributed by atoms with Crippen LogP contribution in [0.4, 0.5) is 22.7 Å². The Labute approximate surface area is 396 Å². The number of fused-ring (bicyclic) bond motifs is 12. The standard InChI is InChI=1S/C64H46N2S/c1-5-18-45(19-6-1)47-20-17-27-53(41-47)65(49-21-7-2-8-22-49)43-44-32-38-56-59(40-44)64(63-62(56)57-29-14-16-31-61(57)67-63)58-30-15-13-28-54(58)55-39-35-48(42-60(55)64)46-33-36-52(37-34-46)66(50-23-9-3-10-24-50)51-25-11-4-12-26-51/h1-21,23-42,49H,22,43H2. The minimum absolute atomic E-state index is 0.234. The van der Waals surface area contributed by atoms with Crippen molar-refractivity contribution in [2.45, 2.75) is 24.4 Å². The molecule has 0 bridgehead atoms. The molecule has 9 aromatic carbocycles. The molecule has 1 heterocycles. The van der Waals surface area contributed by atoms with E-state index in [2.05, 4.69) is 259 Å². The summed E-state index contributed by atoms with van der Waals surface area (Å²) >= 11 is 1.98. The number of nitrogens with zero attached hydrogens (tertiary/aromatic N) is 2. The molecule has 3 aliphatic rings. The molecule has 318 valence electrons. The molecule has 10 aromatic rings. The van der Waals surface area contributed by atoms with Crippen molar-refractivity contribution >= 4 is 44.2 Å². The second kappa shape index (κ2) is 16.2. The molecule has 67 heavy (non-hydrogen) atoms. The molecule has 0 radical (unpaired) electrons. The summed E-state index contributed by atoms with van der Waals surface area (Å²) in [5, 5.41) is 1.34. The first-order chi connectivity index (χ1) is 33.2. The molecule has 0 saturated heterocycles. The lowest BCUT2D eigenvalue weighted by molar-refractivity contribution is 0.684. The SMILES string of the molecule is C1=CCC(N(Cc2ccc3c(c2)C2(c4ccccc4-c4ccc(-c5ccc(N(c6ccccc6)c6ccccc6)cc5)cc42)c2sc4ccccc4c2-3)c2cccc(-c3ccccc3)c2)C=C1. The average molecular weight is 875 g/mol. The van der Waals surface area contributed by atoms with Crippen LogP contribution in [0.25, 0.3) is 54.6 Å². The minimum atomic E-state index is -0.477. The second-order valence-electron chi connectivity index (χ2n) is 18.0. The van der Waals surface area contributed by atoms with E-state index >= 15 is 0 Å². The first kappa shape index (κ1) is 39.4. The quantitative estimate of drug-likeness (QED) is 0.143. The predicted octanol–water partition coefficient (Wildman–Crippen LogP) is 16.9. The van der Waals surface area contributed by atoms with Crippen LogP contribution in [0.1, 0.15) is 33.6 Å². The van der Waals surface area contributed by atoms with Crippen LogP contribution in [-0.2, 0) is 12.0 Å². The van der Waals surface area contributed by atoms with Gasteiger partial charge in [0, 0.05) is 49.8 Å². The zero-order chi connectivity index (χ0) is 44.3. The molecule has 1 aromatic heterocycles. The lowest BCUT2D eigenvalue weighted by atomic mass is 9.73. The summed E-state index contributed by atoms with van der Waals surface area (Å²) in [5.41, 5.74) is 19.8. The second-order valence-corrected chi connectivity index (χ2v) is 19.0. The van der Waals surface area contributed by atoms with Gasteiger partial charge >= 0.3 is 0 Å². The van der Waals surface area contributed by atoms with Crippen molar-refractivity contribution in [3.05, 3.63) is 276 Å². The number of anilines is 4. The Morgan fingerprint density at radius 3 is 1.82 bits per heavy atom. The number of rotatable bonds is 9. The largest absolute Gasteiger partial charge is 0.360 e. The van der Waals surface area contributed by atoms with Gasteiger partial charge in [-0.2, -0.15) is 0 Å². The van der Waals surface area contributed by atoms with Gasteiger partial charge in [0.1, 0.15) is 0 Å². The first-order valence-electron chi connectivity index (χ1n) is 23.4. The predicted molar refractivity (Wildman–Crippen MR) is 283 cm³/mol. The zero-order valence-corrected chi connectivity index (χ0v) is 37.8. The number of hydrogen-bond donors (Lipinski definition) is 0. The third-order valence-corrected chi connectivity index (χ3v) is 15.5. The van der Waals surface area contributed by atoms with Crippen LogP contribution in [0, 0.1) is 0 Å². The maximum absolute atomic E-state index is 2.61. The highest BCUT2D eigenvalue weighted by Crippen LogP contribution is 2.66. The molecule has 0 fully saturated rings. The van der Waals surface area contributed by atoms with Gasteiger partial charge in [0.05, 0.1) is 11.5 Å². The summed E-state index contributed by atoms with van der Waals surface area (Å²) in [5.74, 6) is 0. The summed E-state index contributed by atoms with van der Waals surface area (Å²) < 4.78 is 1.34. The molecule has 0 saturated carbocycles. The van der Waals surface area contributed by atoms with E-state index < -0.39 is 5.41 Å². The third kappa shape index (κ3) is 6.45. The van der Waals surface area contributed by atoms with Gasteiger partial charge < -0.3 is 9.80 Å². The highest BCUT2D eigenvalue weighted by atomic mass is 32.1. The van der Waals surface area contributed by atoms with E-state index in [-0.39, 0.29) is 6.04 Å². The molecule has 13 rings (SSSR count). The summed E-state index contributed by atoms with van der Waals surface area (Å²) in [7, 11) is 0. The monoisotopic (exact) mass is 874 g/mol. The molecular formula is C64H46N2S. The summed E-state index contributed by atoms with van der Waals surface area (Å²) in [6, 6.07) is 83.4. The van der Waals surface area contributed by atoms with Gasteiger partial charge in [0.25, 0.3) is 0 Å². The van der Waals surface area contributed by atoms with Gasteiger partial charge in [-0.05, 0) is 128 Å². The lowest BCUT2D eigenvalue weighted by Crippen LogP contribution is -2.34. The van der Waals surface area contributed by atoms with Gasteiger partial charge in [-0.3, -0.25) is 0 Å². The fourth-order valence-electron chi connectivity index (χ4n) is 11.2. The molecule has 0 N–H and O–H groups in total. The smallest absolute Gasteiger partial charge is 0.0819 e. The Morgan fingerprint density at radius 2 is 1.04 bits per heavy atom. The minimum Gasteiger partial charge on any atom is -0.360 e. The Morgan fingerprint density at radius 1 is 0.448 bits per heavy atom. The number of para-hydroxylation sites is 2. The van der Waals surface area contributed by atoms with Crippen LogP contribution in [0.5, 0.6) is 0 Å². The van der Waals surface area contributed by atoms with Crippen LogP contribution in [0.3, 0.4) is 0 Å². The van der Waals surface area contributed by atoms with Gasteiger partial charge in [-0.25, -0.2) is 0 Å². The third-order valence-electron chi connectivity index (χ3n) is 14.2. The van der Waals surface area contributed by atoms with Gasteiger partial charge in [0.15, 0.2) is 0 Å². The molecule has 3 aliphatic carbocycles. The van der Waals surface area contributed by atoms with E-state index in [4.69, 9.17) is 0 Å². The Bertz CT molecular complexity index is 3490. The molecule has 2 atom stereocenters. The van der Waals surface area contributed by atoms with E-state index in [1.807, 2.05) is 11.3 Å². The Hall–Kier alpha value is -7.98. The Kier molecular flexibility index (Phi) is 9.50. The summed E-state index contributed by atoms with van der Waals surface area (Å²) in [4.78, 5) is 6.36. The molecule has 3 heteroatoms. The summed E-state index contributed by atoms with van der Waals surface area (Å²) in [6.45, 7) is 0.780. The van der Waals surface area contributed by atoms with E-state index in [1.54, 1.807) is 0 Å². The molecular weight excluding hydrogens is 829 g/mol. The van der Waals surface area contributed by atoms with Crippen LogP contribution in [-0.4, -0.2) is 6.04 Å². The summed E-state index contributed by atoms with van der Waals surface area (Å²) in [6.07, 6.45) is 10.0. The number of hydrogen-bond acceptors (Lipinski definition) is 3. The van der Waals surface area contributed by atoms with Crippen molar-refractivity contribution in [1.29, 1.82) is 0 Å². The van der Waals surface area contributed by atoms with Crippen molar-refractivity contribution in [2.75, 3.05) is 9.80 Å². The van der Waals surface area contributed by atoms with Crippen molar-refractivity contribution in [3.8, 4) is 44.5 Å². The topological polar surface area (TPSA) is 6.48 Å². The fraction of sp³-hybridized carbons (Fsp3) is 0.0625. The highest BCUT2D eigenvalue weighted by Gasteiger charge is 2.53. The maximum atomic E-state index is 2.61. The fourth-order valence-corrected chi connectivity index (χ4v) is 12.7. The van der Waals surface area contributed by atoms with Crippen molar-refractivity contribution in [1.82, 2.24) is 0 Å². The highest BCUT2D eigenvalue weighted by molar-refractivity contribution is 7.20. The van der Waals surface area contributed by atoms with Crippen LogP contribution in [0.2, 0.25) is 0 Å². The first-order valence-corrected chi connectivity index (χ1v) is 24.2. The number of benzene rings is 9. The van der Waals surface area contributed by atoms with E-state index in [0.717, 1.165) is 30.0 Å². The number of thiophene rings is 1. The van der Waals surface area contributed by atoms with Crippen LogP contribution >= 0.6 is 11.3 Å². The van der Waals surface area contributed by atoms with Crippen molar-refractivity contribution in [3.63, 3.8) is 0 Å². The van der Waals surface area contributed by atoms with Gasteiger partial charge in [-0.15, -0.1) is 11.3 Å². The molecule has 2 nitrogen and oxygen atoms in total. The Balaban J connectivity index is 0.963. The van der Waals surface area contributed by atoms with Crippen molar-refractivity contribution < 1.29 is 0 Å². The lowest BCUT2D eigenvalue weighted by Gasteiger charge is -2.34. The van der Waals surface area contributed by atoms with Crippen LogP contribution in [0.15, 0.2) is 249 Å². The molecule has 0 aliphatic heterocycles. The molecule has 1 spiro atoms.